The van der Waals surface area contributed by atoms with E-state index in [0.717, 1.165) is 32.8 Å². The SMILES string of the molecule is COc1ccccc1-c1ccc2c(N)c(C(=O)c3ccc(C)cc3)sc2n1. The van der Waals surface area contributed by atoms with Gasteiger partial charge < -0.3 is 10.5 Å². The van der Waals surface area contributed by atoms with Gasteiger partial charge in [-0.05, 0) is 31.2 Å². The van der Waals surface area contributed by atoms with Crippen molar-refractivity contribution in [2.45, 2.75) is 6.92 Å². The van der Waals surface area contributed by atoms with Gasteiger partial charge in [0.1, 0.15) is 15.5 Å². The normalized spacial score (nSPS) is 10.9. The van der Waals surface area contributed by atoms with E-state index in [9.17, 15) is 4.79 Å². The van der Waals surface area contributed by atoms with Crippen molar-refractivity contribution >= 4 is 33.0 Å². The van der Waals surface area contributed by atoms with Gasteiger partial charge in [-0.1, -0.05) is 42.0 Å². The topological polar surface area (TPSA) is 65.2 Å². The monoisotopic (exact) mass is 374 g/mol. The van der Waals surface area contributed by atoms with Crippen LogP contribution in [0.4, 0.5) is 5.69 Å². The summed E-state index contributed by atoms with van der Waals surface area (Å²) in [5.74, 6) is 0.680. The number of methoxy groups -OCH3 is 1. The van der Waals surface area contributed by atoms with E-state index >= 15 is 0 Å². The lowest BCUT2D eigenvalue weighted by atomic mass is 10.1. The maximum Gasteiger partial charge on any atom is 0.205 e. The number of ether oxygens (including phenoxy) is 1. The molecule has 0 saturated carbocycles. The average Bonchev–Trinajstić information content (AvgIpc) is 3.04. The van der Waals surface area contributed by atoms with Crippen molar-refractivity contribution in [3.63, 3.8) is 0 Å². The number of carbonyl (C=O) groups is 1. The number of thiophene rings is 1. The van der Waals surface area contributed by atoms with E-state index in [1.165, 1.54) is 11.3 Å². The molecule has 0 saturated heterocycles. The number of rotatable bonds is 4. The molecule has 2 N–H and O–H groups in total. The Kier molecular flexibility index (Phi) is 4.38. The molecule has 4 aromatic rings. The van der Waals surface area contributed by atoms with Gasteiger partial charge in [0.05, 0.1) is 18.5 Å². The number of aromatic nitrogens is 1. The molecular weight excluding hydrogens is 356 g/mol. The molecule has 4 nitrogen and oxygen atoms in total. The summed E-state index contributed by atoms with van der Waals surface area (Å²) in [6, 6.07) is 19.1. The predicted molar refractivity (Wildman–Crippen MR) is 111 cm³/mol. The van der Waals surface area contributed by atoms with Gasteiger partial charge in [-0.2, -0.15) is 0 Å². The molecule has 0 atom stereocenters. The van der Waals surface area contributed by atoms with Crippen molar-refractivity contribution in [2.75, 3.05) is 12.8 Å². The third kappa shape index (κ3) is 3.06. The Morgan fingerprint density at radius 2 is 1.78 bits per heavy atom. The highest BCUT2D eigenvalue weighted by Crippen LogP contribution is 2.37. The van der Waals surface area contributed by atoms with Crippen molar-refractivity contribution in [3.8, 4) is 17.0 Å². The molecule has 0 radical (unpaired) electrons. The summed E-state index contributed by atoms with van der Waals surface area (Å²) in [6.07, 6.45) is 0. The summed E-state index contributed by atoms with van der Waals surface area (Å²) >= 11 is 1.33. The van der Waals surface area contributed by atoms with E-state index in [1.807, 2.05) is 67.6 Å². The molecule has 0 fully saturated rings. The van der Waals surface area contributed by atoms with Crippen LogP contribution in [0, 0.1) is 6.92 Å². The van der Waals surface area contributed by atoms with Crippen LogP contribution in [0.25, 0.3) is 21.5 Å². The van der Waals surface area contributed by atoms with Gasteiger partial charge in [-0.15, -0.1) is 11.3 Å². The molecule has 0 unspecified atom stereocenters. The molecular formula is C22H18N2O2S. The lowest BCUT2D eigenvalue weighted by Crippen LogP contribution is -2.01. The first-order valence-corrected chi connectivity index (χ1v) is 9.34. The second kappa shape index (κ2) is 6.85. The van der Waals surface area contributed by atoms with Crippen LogP contribution in [0.2, 0.25) is 0 Å². The number of pyridine rings is 1. The average molecular weight is 374 g/mol. The van der Waals surface area contributed by atoms with Crippen molar-refractivity contribution < 1.29 is 9.53 Å². The van der Waals surface area contributed by atoms with Crippen molar-refractivity contribution in [3.05, 3.63) is 76.7 Å². The number of nitrogen functional groups attached to an aromatic ring is 1. The first-order chi connectivity index (χ1) is 13.1. The standard InChI is InChI=1S/C22H18N2O2S/c1-13-7-9-14(10-8-13)20(25)21-19(23)16-11-12-17(24-22(16)27-21)15-5-3-4-6-18(15)26-2/h3-12H,23H2,1-2H3. The number of ketones is 1. The van der Waals surface area contributed by atoms with Crippen LogP contribution >= 0.6 is 11.3 Å². The number of carbonyl (C=O) groups excluding carboxylic acids is 1. The number of aryl methyl sites for hydroxylation is 1. The predicted octanol–water partition coefficient (Wildman–Crippen LogP) is 5.09. The van der Waals surface area contributed by atoms with Gasteiger partial charge >= 0.3 is 0 Å². The maximum atomic E-state index is 12.9. The lowest BCUT2D eigenvalue weighted by molar-refractivity contribution is 0.104. The van der Waals surface area contributed by atoms with Gasteiger partial charge in [0.25, 0.3) is 0 Å². The van der Waals surface area contributed by atoms with Crippen molar-refractivity contribution in [2.24, 2.45) is 0 Å². The van der Waals surface area contributed by atoms with Gasteiger partial charge in [0.15, 0.2) is 0 Å². The van der Waals surface area contributed by atoms with Crippen LogP contribution in [0.1, 0.15) is 20.8 Å². The van der Waals surface area contributed by atoms with Crippen LogP contribution in [-0.2, 0) is 0 Å². The number of fused-ring (bicyclic) bond motifs is 1. The fourth-order valence-electron chi connectivity index (χ4n) is 3.01. The molecule has 134 valence electrons. The highest BCUT2D eigenvalue weighted by molar-refractivity contribution is 7.21. The van der Waals surface area contributed by atoms with Crippen molar-refractivity contribution in [1.82, 2.24) is 4.98 Å². The highest BCUT2D eigenvalue weighted by Gasteiger charge is 2.19. The zero-order chi connectivity index (χ0) is 19.0. The van der Waals surface area contributed by atoms with Crippen LogP contribution < -0.4 is 10.5 Å². The van der Waals surface area contributed by atoms with E-state index in [2.05, 4.69) is 0 Å². The van der Waals surface area contributed by atoms with Crippen LogP contribution in [0.3, 0.4) is 0 Å². The molecule has 0 aliphatic carbocycles. The molecule has 0 amide bonds. The maximum absolute atomic E-state index is 12.9. The summed E-state index contributed by atoms with van der Waals surface area (Å²) in [7, 11) is 1.64. The number of benzene rings is 2. The molecule has 0 bridgehead atoms. The zero-order valence-electron chi connectivity index (χ0n) is 15.0. The van der Waals surface area contributed by atoms with Gasteiger partial charge in [-0.3, -0.25) is 4.79 Å². The van der Waals surface area contributed by atoms with Crippen LogP contribution in [-0.4, -0.2) is 17.9 Å². The van der Waals surface area contributed by atoms with Gasteiger partial charge in [0.2, 0.25) is 5.78 Å². The molecule has 5 heteroatoms. The largest absolute Gasteiger partial charge is 0.496 e. The molecule has 0 aliphatic heterocycles. The number of hydrogen-bond donors (Lipinski definition) is 1. The van der Waals surface area contributed by atoms with E-state index < -0.39 is 0 Å². The summed E-state index contributed by atoms with van der Waals surface area (Å²) < 4.78 is 5.43. The van der Waals surface area contributed by atoms with E-state index in [-0.39, 0.29) is 5.78 Å². The summed E-state index contributed by atoms with van der Waals surface area (Å²) in [5, 5.41) is 0.800. The lowest BCUT2D eigenvalue weighted by Gasteiger charge is -2.07. The Morgan fingerprint density at radius 1 is 1.04 bits per heavy atom. The second-order valence-corrected chi connectivity index (χ2v) is 7.29. The Morgan fingerprint density at radius 3 is 2.52 bits per heavy atom. The number of hydrogen-bond acceptors (Lipinski definition) is 5. The van der Waals surface area contributed by atoms with Gasteiger partial charge in [-0.25, -0.2) is 4.98 Å². The minimum absolute atomic E-state index is 0.0747. The first-order valence-electron chi connectivity index (χ1n) is 8.52. The summed E-state index contributed by atoms with van der Waals surface area (Å²) in [5.41, 5.74) is 10.2. The quantitative estimate of drug-likeness (QED) is 0.505. The van der Waals surface area contributed by atoms with Crippen molar-refractivity contribution in [1.29, 1.82) is 0 Å². The fourth-order valence-corrected chi connectivity index (χ4v) is 4.06. The third-order valence-electron chi connectivity index (χ3n) is 4.50. The molecule has 2 aromatic carbocycles. The first kappa shape index (κ1) is 17.2. The molecule has 2 heterocycles. The number of para-hydroxylation sites is 1. The summed E-state index contributed by atoms with van der Waals surface area (Å²) in [6.45, 7) is 1.99. The minimum Gasteiger partial charge on any atom is -0.496 e. The fraction of sp³-hybridized carbons (Fsp3) is 0.0909. The zero-order valence-corrected chi connectivity index (χ0v) is 15.8. The number of nitrogens with zero attached hydrogens (tertiary/aromatic N) is 1. The third-order valence-corrected chi connectivity index (χ3v) is 5.61. The van der Waals surface area contributed by atoms with E-state index in [0.29, 0.717) is 16.1 Å². The molecule has 2 aromatic heterocycles. The number of anilines is 1. The molecule has 0 spiro atoms. The van der Waals surface area contributed by atoms with Crippen LogP contribution in [0.15, 0.2) is 60.7 Å². The van der Waals surface area contributed by atoms with Crippen LogP contribution in [0.5, 0.6) is 5.75 Å². The van der Waals surface area contributed by atoms with E-state index in [4.69, 9.17) is 15.5 Å². The number of nitrogens with two attached hydrogens (primary N) is 1. The Hall–Kier alpha value is -3.18. The minimum atomic E-state index is -0.0747. The Balaban J connectivity index is 1.80. The Bertz CT molecular complexity index is 1150. The molecule has 0 aliphatic rings. The molecule has 4 rings (SSSR count). The second-order valence-electron chi connectivity index (χ2n) is 6.29. The van der Waals surface area contributed by atoms with E-state index in [1.54, 1.807) is 7.11 Å². The molecule has 27 heavy (non-hydrogen) atoms. The smallest absolute Gasteiger partial charge is 0.205 e. The Labute approximate surface area is 161 Å². The summed E-state index contributed by atoms with van der Waals surface area (Å²) in [4.78, 5) is 18.9. The highest BCUT2D eigenvalue weighted by atomic mass is 32.1. The van der Waals surface area contributed by atoms with Gasteiger partial charge in [0, 0.05) is 16.5 Å².